The summed E-state index contributed by atoms with van der Waals surface area (Å²) >= 11 is 4.81. The molecule has 6 heteroatoms. The Morgan fingerprint density at radius 1 is 1.48 bits per heavy atom. The van der Waals surface area contributed by atoms with Crippen LogP contribution in [0.15, 0.2) is 35.3 Å². The maximum atomic E-state index is 12.1. The van der Waals surface area contributed by atoms with Crippen LogP contribution in [0.3, 0.4) is 0 Å². The molecule has 0 bridgehead atoms. The van der Waals surface area contributed by atoms with Gasteiger partial charge in [-0.25, -0.2) is 0 Å². The van der Waals surface area contributed by atoms with Gasteiger partial charge in [0, 0.05) is 21.1 Å². The quantitative estimate of drug-likeness (QED) is 0.579. The second kappa shape index (κ2) is 7.59. The van der Waals surface area contributed by atoms with Crippen LogP contribution in [0.5, 0.6) is 0 Å². The molecular formula is C15H17BrN2O2S. The van der Waals surface area contributed by atoms with E-state index < -0.39 is 0 Å². The van der Waals surface area contributed by atoms with Gasteiger partial charge in [0.05, 0.1) is 18.9 Å². The number of carbonyl (C=O) groups excluding carboxylic acids is 1. The number of hydrogen-bond donors (Lipinski definition) is 2. The van der Waals surface area contributed by atoms with Crippen LogP contribution in [0.1, 0.15) is 16.1 Å². The van der Waals surface area contributed by atoms with Crippen molar-refractivity contribution in [3.63, 3.8) is 0 Å². The maximum Gasteiger partial charge on any atom is 0.263 e. The van der Waals surface area contributed by atoms with E-state index in [4.69, 9.17) is 10.5 Å². The van der Waals surface area contributed by atoms with E-state index in [1.807, 2.05) is 18.2 Å². The van der Waals surface area contributed by atoms with Gasteiger partial charge >= 0.3 is 0 Å². The number of anilines is 1. The van der Waals surface area contributed by atoms with Gasteiger partial charge in [0.2, 0.25) is 0 Å². The summed E-state index contributed by atoms with van der Waals surface area (Å²) in [5.74, 6) is -0.155. The Bertz CT molecular complexity index is 654. The average Bonchev–Trinajstić information content (AvgIpc) is 2.79. The highest BCUT2D eigenvalue weighted by Crippen LogP contribution is 2.35. The lowest BCUT2D eigenvalue weighted by atomic mass is 10.2. The SMILES string of the molecule is C=CCCOCCNC(=O)c1sc2cc(Br)ccc2c1N. The average molecular weight is 369 g/mol. The molecule has 1 aromatic carbocycles. The Kier molecular flexibility index (Phi) is 5.78. The number of halogens is 1. The van der Waals surface area contributed by atoms with Crippen molar-refractivity contribution in [1.29, 1.82) is 0 Å². The molecule has 112 valence electrons. The third-order valence-electron chi connectivity index (χ3n) is 2.89. The van der Waals surface area contributed by atoms with E-state index in [1.165, 1.54) is 11.3 Å². The summed E-state index contributed by atoms with van der Waals surface area (Å²) in [6, 6.07) is 5.80. The third kappa shape index (κ3) is 4.06. The summed E-state index contributed by atoms with van der Waals surface area (Å²) in [6.45, 7) is 5.19. The summed E-state index contributed by atoms with van der Waals surface area (Å²) in [4.78, 5) is 12.7. The predicted octanol–water partition coefficient (Wildman–Crippen LogP) is 3.57. The zero-order valence-corrected chi connectivity index (χ0v) is 13.9. The van der Waals surface area contributed by atoms with E-state index in [9.17, 15) is 4.79 Å². The van der Waals surface area contributed by atoms with Crippen LogP contribution in [0.25, 0.3) is 10.1 Å². The fourth-order valence-corrected chi connectivity index (χ4v) is 3.44. The highest BCUT2D eigenvalue weighted by Gasteiger charge is 2.15. The molecule has 0 saturated carbocycles. The number of thiophene rings is 1. The fraction of sp³-hybridized carbons (Fsp3) is 0.267. The zero-order chi connectivity index (χ0) is 15.2. The molecular weight excluding hydrogens is 352 g/mol. The van der Waals surface area contributed by atoms with Crippen molar-refractivity contribution >= 4 is 48.9 Å². The minimum atomic E-state index is -0.155. The van der Waals surface area contributed by atoms with Crippen LogP contribution >= 0.6 is 27.3 Å². The second-order valence-electron chi connectivity index (χ2n) is 4.43. The first kappa shape index (κ1) is 16.0. The molecule has 2 rings (SSSR count). The molecule has 2 aromatic rings. The van der Waals surface area contributed by atoms with Crippen molar-refractivity contribution in [2.75, 3.05) is 25.5 Å². The van der Waals surface area contributed by atoms with E-state index >= 15 is 0 Å². The highest BCUT2D eigenvalue weighted by atomic mass is 79.9. The molecule has 0 fully saturated rings. The number of nitrogens with two attached hydrogens (primary N) is 1. The number of amides is 1. The Morgan fingerprint density at radius 3 is 3.05 bits per heavy atom. The minimum absolute atomic E-state index is 0.155. The zero-order valence-electron chi connectivity index (χ0n) is 11.5. The van der Waals surface area contributed by atoms with Gasteiger partial charge in [-0.1, -0.05) is 28.1 Å². The van der Waals surface area contributed by atoms with Gasteiger partial charge in [-0.05, 0) is 18.6 Å². The smallest absolute Gasteiger partial charge is 0.263 e. The third-order valence-corrected chi connectivity index (χ3v) is 4.56. The molecule has 1 heterocycles. The Labute approximate surface area is 136 Å². The standard InChI is InChI=1S/C15H17BrN2O2S/c1-2-3-7-20-8-6-18-15(19)14-13(17)11-5-4-10(16)9-12(11)21-14/h2,4-5,9H,1,3,6-8,17H2,(H,18,19). The highest BCUT2D eigenvalue weighted by molar-refractivity contribution is 9.10. The lowest BCUT2D eigenvalue weighted by molar-refractivity contribution is 0.0922. The first-order valence-corrected chi connectivity index (χ1v) is 8.18. The second-order valence-corrected chi connectivity index (χ2v) is 6.40. The molecule has 0 saturated heterocycles. The molecule has 1 amide bonds. The van der Waals surface area contributed by atoms with Crippen LogP contribution in [-0.2, 0) is 4.74 Å². The fourth-order valence-electron chi connectivity index (χ4n) is 1.84. The lowest BCUT2D eigenvalue weighted by Gasteiger charge is -2.05. The number of fused-ring (bicyclic) bond motifs is 1. The van der Waals surface area contributed by atoms with Gasteiger partial charge in [-0.2, -0.15) is 0 Å². The lowest BCUT2D eigenvalue weighted by Crippen LogP contribution is -2.27. The Balaban J connectivity index is 1.96. The van der Waals surface area contributed by atoms with Crippen molar-refractivity contribution in [1.82, 2.24) is 5.32 Å². The molecule has 0 unspecified atom stereocenters. The minimum Gasteiger partial charge on any atom is -0.397 e. The van der Waals surface area contributed by atoms with E-state index in [-0.39, 0.29) is 5.91 Å². The maximum absolute atomic E-state index is 12.1. The summed E-state index contributed by atoms with van der Waals surface area (Å²) < 4.78 is 7.31. The van der Waals surface area contributed by atoms with E-state index in [2.05, 4.69) is 27.8 Å². The van der Waals surface area contributed by atoms with E-state index in [1.54, 1.807) is 6.08 Å². The summed E-state index contributed by atoms with van der Waals surface area (Å²) in [5.41, 5.74) is 6.59. The van der Waals surface area contributed by atoms with Gasteiger partial charge in [-0.3, -0.25) is 4.79 Å². The van der Waals surface area contributed by atoms with Crippen molar-refractivity contribution in [3.8, 4) is 0 Å². The largest absolute Gasteiger partial charge is 0.397 e. The van der Waals surface area contributed by atoms with Crippen molar-refractivity contribution in [3.05, 3.63) is 40.2 Å². The number of nitrogens with one attached hydrogen (secondary N) is 1. The van der Waals surface area contributed by atoms with Crippen molar-refractivity contribution in [2.24, 2.45) is 0 Å². The first-order chi connectivity index (χ1) is 10.1. The molecule has 1 aromatic heterocycles. The number of nitrogen functional groups attached to an aromatic ring is 1. The van der Waals surface area contributed by atoms with E-state index in [0.717, 1.165) is 21.0 Å². The summed E-state index contributed by atoms with van der Waals surface area (Å²) in [7, 11) is 0. The number of carbonyl (C=O) groups is 1. The monoisotopic (exact) mass is 368 g/mol. The number of benzene rings is 1. The molecule has 0 aliphatic heterocycles. The summed E-state index contributed by atoms with van der Waals surface area (Å²) in [6.07, 6.45) is 2.61. The van der Waals surface area contributed by atoms with Crippen molar-refractivity contribution in [2.45, 2.75) is 6.42 Å². The van der Waals surface area contributed by atoms with Gasteiger partial charge in [0.1, 0.15) is 4.88 Å². The van der Waals surface area contributed by atoms with Crippen LogP contribution in [0, 0.1) is 0 Å². The Hall–Kier alpha value is -1.37. The molecule has 0 spiro atoms. The van der Waals surface area contributed by atoms with Gasteiger partial charge in [-0.15, -0.1) is 17.9 Å². The van der Waals surface area contributed by atoms with Crippen molar-refractivity contribution < 1.29 is 9.53 Å². The predicted molar refractivity (Wildman–Crippen MR) is 91.9 cm³/mol. The van der Waals surface area contributed by atoms with Gasteiger partial charge < -0.3 is 15.8 Å². The normalized spacial score (nSPS) is 10.7. The number of rotatable bonds is 7. The van der Waals surface area contributed by atoms with Crippen LogP contribution in [0.2, 0.25) is 0 Å². The van der Waals surface area contributed by atoms with Gasteiger partial charge in [0.15, 0.2) is 0 Å². The molecule has 3 N–H and O–H groups in total. The topological polar surface area (TPSA) is 64.3 Å². The molecule has 4 nitrogen and oxygen atoms in total. The summed E-state index contributed by atoms with van der Waals surface area (Å²) in [5, 5.41) is 3.73. The molecule has 21 heavy (non-hydrogen) atoms. The van der Waals surface area contributed by atoms with Crippen LogP contribution < -0.4 is 11.1 Å². The molecule has 0 aliphatic carbocycles. The van der Waals surface area contributed by atoms with Gasteiger partial charge in [0.25, 0.3) is 5.91 Å². The molecule has 0 radical (unpaired) electrons. The number of hydrogen-bond acceptors (Lipinski definition) is 4. The first-order valence-electron chi connectivity index (χ1n) is 6.58. The van der Waals surface area contributed by atoms with E-state index in [0.29, 0.717) is 30.3 Å². The van der Waals surface area contributed by atoms with Crippen LogP contribution in [0.4, 0.5) is 5.69 Å². The molecule has 0 aliphatic rings. The molecule has 0 atom stereocenters. The number of ether oxygens (including phenoxy) is 1. The van der Waals surface area contributed by atoms with Crippen LogP contribution in [-0.4, -0.2) is 25.7 Å². The Morgan fingerprint density at radius 2 is 2.29 bits per heavy atom.